The third kappa shape index (κ3) is 5.93. The molecule has 22 heavy (non-hydrogen) atoms. The van der Waals surface area contributed by atoms with E-state index in [1.165, 1.54) is 0 Å². The maximum absolute atomic E-state index is 11.9. The van der Waals surface area contributed by atoms with Gasteiger partial charge in [0.2, 0.25) is 5.91 Å². The molecule has 0 aromatic heterocycles. The molecule has 2 N–H and O–H groups in total. The Balaban J connectivity index is 1.75. The van der Waals surface area contributed by atoms with E-state index >= 15 is 0 Å². The minimum Gasteiger partial charge on any atom is -0.387 e. The highest BCUT2D eigenvalue weighted by Crippen LogP contribution is 2.10. The van der Waals surface area contributed by atoms with E-state index in [-0.39, 0.29) is 18.9 Å². The lowest BCUT2D eigenvalue weighted by Crippen LogP contribution is -2.51. The van der Waals surface area contributed by atoms with Gasteiger partial charge in [-0.3, -0.25) is 9.69 Å². The van der Waals surface area contributed by atoms with E-state index in [0.717, 1.165) is 18.7 Å². The largest absolute Gasteiger partial charge is 0.387 e. The van der Waals surface area contributed by atoms with Crippen LogP contribution in [-0.2, 0) is 16.0 Å². The fraction of sp³-hybridized carbons (Fsp3) is 0.562. The van der Waals surface area contributed by atoms with Gasteiger partial charge in [-0.1, -0.05) is 23.7 Å². The molecule has 2 rings (SSSR count). The molecule has 122 valence electrons. The van der Waals surface area contributed by atoms with E-state index in [1.54, 1.807) is 19.1 Å². The fourth-order valence-electron chi connectivity index (χ4n) is 2.44. The number of carbonyl (C=O) groups is 1. The summed E-state index contributed by atoms with van der Waals surface area (Å²) in [5.74, 6) is -0.107. The SMILES string of the molecule is CC(O)(CNC(=O)Cc1ccc(Cl)cc1)CN1CCOCC1. The maximum atomic E-state index is 11.9. The molecular formula is C16H23ClN2O3. The van der Waals surface area contributed by atoms with Crippen molar-refractivity contribution in [3.05, 3.63) is 34.9 Å². The van der Waals surface area contributed by atoms with Crippen molar-refractivity contribution in [3.8, 4) is 0 Å². The number of nitrogens with one attached hydrogen (secondary N) is 1. The smallest absolute Gasteiger partial charge is 0.224 e. The Labute approximate surface area is 136 Å². The molecule has 0 radical (unpaired) electrons. The van der Waals surface area contributed by atoms with E-state index in [1.807, 2.05) is 12.1 Å². The zero-order valence-corrected chi connectivity index (χ0v) is 13.6. The van der Waals surface area contributed by atoms with Gasteiger partial charge in [0.15, 0.2) is 0 Å². The molecule has 1 heterocycles. The molecule has 1 aromatic rings. The van der Waals surface area contributed by atoms with Gasteiger partial charge in [-0.25, -0.2) is 0 Å². The second-order valence-electron chi connectivity index (χ2n) is 5.97. The molecule has 1 aliphatic heterocycles. The molecule has 0 aliphatic carbocycles. The highest BCUT2D eigenvalue weighted by atomic mass is 35.5. The topological polar surface area (TPSA) is 61.8 Å². The number of aliphatic hydroxyl groups is 1. The van der Waals surface area contributed by atoms with E-state index in [4.69, 9.17) is 16.3 Å². The van der Waals surface area contributed by atoms with Crippen LogP contribution in [0.25, 0.3) is 0 Å². The van der Waals surface area contributed by atoms with Gasteiger partial charge in [-0.2, -0.15) is 0 Å². The number of carbonyl (C=O) groups excluding carboxylic acids is 1. The Bertz CT molecular complexity index is 485. The lowest BCUT2D eigenvalue weighted by molar-refractivity contribution is -0.121. The quantitative estimate of drug-likeness (QED) is 0.821. The normalized spacial score (nSPS) is 18.7. The monoisotopic (exact) mass is 326 g/mol. The molecule has 0 saturated carbocycles. The Morgan fingerprint density at radius 3 is 2.64 bits per heavy atom. The molecule has 1 amide bonds. The molecule has 0 spiro atoms. The van der Waals surface area contributed by atoms with Gasteiger partial charge in [0.05, 0.1) is 25.2 Å². The van der Waals surface area contributed by atoms with E-state index in [2.05, 4.69) is 10.2 Å². The summed E-state index contributed by atoms with van der Waals surface area (Å²) >= 11 is 5.81. The number of amides is 1. The zero-order chi connectivity index (χ0) is 16.0. The van der Waals surface area contributed by atoms with E-state index in [0.29, 0.717) is 24.8 Å². The molecule has 1 aromatic carbocycles. The number of nitrogens with zero attached hydrogens (tertiary/aromatic N) is 1. The van der Waals surface area contributed by atoms with Gasteiger partial charge >= 0.3 is 0 Å². The van der Waals surface area contributed by atoms with Crippen LogP contribution in [0.1, 0.15) is 12.5 Å². The summed E-state index contributed by atoms with van der Waals surface area (Å²) in [6.45, 7) is 5.52. The average Bonchev–Trinajstić information content (AvgIpc) is 2.48. The second kappa shape index (κ2) is 7.92. The van der Waals surface area contributed by atoms with Crippen molar-refractivity contribution in [3.63, 3.8) is 0 Å². The van der Waals surface area contributed by atoms with Crippen LogP contribution in [0.15, 0.2) is 24.3 Å². The van der Waals surface area contributed by atoms with Crippen molar-refractivity contribution >= 4 is 17.5 Å². The van der Waals surface area contributed by atoms with Crippen LogP contribution in [0.5, 0.6) is 0 Å². The zero-order valence-electron chi connectivity index (χ0n) is 12.8. The number of halogens is 1. The Kier molecular flexibility index (Phi) is 6.20. The minimum atomic E-state index is -0.951. The first-order chi connectivity index (χ1) is 10.4. The molecule has 6 heteroatoms. The predicted molar refractivity (Wildman–Crippen MR) is 86.0 cm³/mol. The molecule has 1 atom stereocenters. The number of ether oxygens (including phenoxy) is 1. The first kappa shape index (κ1) is 17.2. The molecule has 1 saturated heterocycles. The van der Waals surface area contributed by atoms with Crippen LogP contribution >= 0.6 is 11.6 Å². The maximum Gasteiger partial charge on any atom is 0.224 e. The summed E-state index contributed by atoms with van der Waals surface area (Å²) in [5, 5.41) is 13.8. The molecule has 0 bridgehead atoms. The molecule has 1 unspecified atom stereocenters. The molecule has 1 aliphatic rings. The van der Waals surface area contributed by atoms with Gasteiger partial charge in [0.25, 0.3) is 0 Å². The van der Waals surface area contributed by atoms with Crippen LogP contribution in [0, 0.1) is 0 Å². The van der Waals surface area contributed by atoms with Gasteiger partial charge in [0.1, 0.15) is 0 Å². The third-order valence-electron chi connectivity index (χ3n) is 3.61. The van der Waals surface area contributed by atoms with Crippen LogP contribution in [0.3, 0.4) is 0 Å². The second-order valence-corrected chi connectivity index (χ2v) is 6.40. The lowest BCUT2D eigenvalue weighted by atomic mass is 10.1. The Morgan fingerprint density at radius 2 is 2.00 bits per heavy atom. The van der Waals surface area contributed by atoms with Gasteiger partial charge in [0, 0.05) is 31.2 Å². The average molecular weight is 327 g/mol. The highest BCUT2D eigenvalue weighted by molar-refractivity contribution is 6.30. The van der Waals surface area contributed by atoms with Crippen LogP contribution in [-0.4, -0.2) is 60.9 Å². The lowest BCUT2D eigenvalue weighted by Gasteiger charge is -2.33. The van der Waals surface area contributed by atoms with E-state index < -0.39 is 5.60 Å². The standard InChI is InChI=1S/C16H23ClN2O3/c1-16(21,12-19-6-8-22-9-7-19)11-18-15(20)10-13-2-4-14(17)5-3-13/h2-5,21H,6-12H2,1H3,(H,18,20). The highest BCUT2D eigenvalue weighted by Gasteiger charge is 2.25. The van der Waals surface area contributed by atoms with Gasteiger partial charge in [-0.15, -0.1) is 0 Å². The fourth-order valence-corrected chi connectivity index (χ4v) is 2.56. The summed E-state index contributed by atoms with van der Waals surface area (Å²) in [6, 6.07) is 7.18. The number of morpholine rings is 1. The van der Waals surface area contributed by atoms with Crippen molar-refractivity contribution in [1.82, 2.24) is 10.2 Å². The number of benzene rings is 1. The molecule has 5 nitrogen and oxygen atoms in total. The van der Waals surface area contributed by atoms with Crippen molar-refractivity contribution in [2.45, 2.75) is 18.9 Å². The van der Waals surface area contributed by atoms with Crippen LogP contribution in [0.4, 0.5) is 0 Å². The van der Waals surface area contributed by atoms with E-state index in [9.17, 15) is 9.90 Å². The first-order valence-corrected chi connectivity index (χ1v) is 7.86. The number of β-amino-alcohol motifs (C(OH)–C–C–N with tert-alkyl or cyclic N) is 1. The summed E-state index contributed by atoms with van der Waals surface area (Å²) < 4.78 is 5.28. The van der Waals surface area contributed by atoms with Gasteiger partial charge < -0.3 is 15.2 Å². The van der Waals surface area contributed by atoms with Crippen molar-refractivity contribution in [2.75, 3.05) is 39.4 Å². The number of rotatable bonds is 6. The summed E-state index contributed by atoms with van der Waals surface area (Å²) in [4.78, 5) is 14.1. The summed E-state index contributed by atoms with van der Waals surface area (Å²) in [5.41, 5.74) is -0.0535. The van der Waals surface area contributed by atoms with Crippen LogP contribution in [0.2, 0.25) is 5.02 Å². The number of hydrogen-bond donors (Lipinski definition) is 2. The van der Waals surface area contributed by atoms with Crippen molar-refractivity contribution in [1.29, 1.82) is 0 Å². The Hall–Kier alpha value is -1.14. The predicted octanol–water partition coefficient (Wildman–Crippen LogP) is 1.08. The van der Waals surface area contributed by atoms with Crippen molar-refractivity contribution < 1.29 is 14.6 Å². The molecule has 1 fully saturated rings. The summed E-state index contributed by atoms with van der Waals surface area (Å²) in [7, 11) is 0. The molecular weight excluding hydrogens is 304 g/mol. The summed E-state index contributed by atoms with van der Waals surface area (Å²) in [6.07, 6.45) is 0.283. The van der Waals surface area contributed by atoms with Crippen LogP contribution < -0.4 is 5.32 Å². The minimum absolute atomic E-state index is 0.107. The Morgan fingerprint density at radius 1 is 1.36 bits per heavy atom. The van der Waals surface area contributed by atoms with Crippen molar-refractivity contribution in [2.24, 2.45) is 0 Å². The third-order valence-corrected chi connectivity index (χ3v) is 3.86. The number of hydrogen-bond acceptors (Lipinski definition) is 4. The van der Waals surface area contributed by atoms with Gasteiger partial charge in [-0.05, 0) is 24.6 Å². The first-order valence-electron chi connectivity index (χ1n) is 7.48.